The van der Waals surface area contributed by atoms with Crippen LogP contribution in [0.2, 0.25) is 0 Å². The lowest BCUT2D eigenvalue weighted by Gasteiger charge is -2.38. The lowest BCUT2D eigenvalue weighted by Crippen LogP contribution is -2.57. The van der Waals surface area contributed by atoms with Crippen molar-refractivity contribution in [3.05, 3.63) is 39.9 Å². The van der Waals surface area contributed by atoms with E-state index in [1.807, 2.05) is 0 Å². The van der Waals surface area contributed by atoms with E-state index in [0.29, 0.717) is 26.3 Å². The Morgan fingerprint density at radius 1 is 1.17 bits per heavy atom. The predicted octanol–water partition coefficient (Wildman–Crippen LogP) is 2.11. The van der Waals surface area contributed by atoms with Gasteiger partial charge in [-0.3, -0.25) is 9.36 Å². The molecule has 1 aromatic carbocycles. The molecule has 1 fully saturated rings. The monoisotopic (exact) mass is 502 g/mol. The minimum atomic E-state index is -4.79. The van der Waals surface area contributed by atoms with Gasteiger partial charge in [-0.1, -0.05) is 0 Å². The standard InChI is InChI=1S/C22H26F4N4O5/c1-21(22(24,25)26)12-29-19(32)10-18(28-4-6-35-7-5-28)27-20(29)30(21)11-15(31)13-8-16(33-2)17(34-3)9-14(13)23/h8-10,15,31H,4-7,11-12H2,1-3H3/t15?,21-/m0/s1. The van der Waals surface area contributed by atoms with E-state index in [-0.39, 0.29) is 28.8 Å². The van der Waals surface area contributed by atoms with Gasteiger partial charge in [-0.15, -0.1) is 0 Å². The Morgan fingerprint density at radius 3 is 2.40 bits per heavy atom. The minimum absolute atomic E-state index is 0.0657. The van der Waals surface area contributed by atoms with Gasteiger partial charge < -0.3 is 29.1 Å². The number of aliphatic hydroxyl groups excluding tert-OH is 1. The number of hydrogen-bond acceptors (Lipinski definition) is 8. The lowest BCUT2D eigenvalue weighted by molar-refractivity contribution is -0.183. The summed E-state index contributed by atoms with van der Waals surface area (Å²) in [5.41, 5.74) is -3.50. The minimum Gasteiger partial charge on any atom is -0.493 e. The second-order valence-corrected chi connectivity index (χ2v) is 8.56. The van der Waals surface area contributed by atoms with Gasteiger partial charge in [0.1, 0.15) is 11.6 Å². The molecule has 1 N–H and O–H groups in total. The van der Waals surface area contributed by atoms with Crippen LogP contribution in [0.5, 0.6) is 11.5 Å². The van der Waals surface area contributed by atoms with Crippen molar-refractivity contribution in [2.45, 2.75) is 31.3 Å². The molecule has 35 heavy (non-hydrogen) atoms. The Labute approximate surface area is 198 Å². The third-order valence-electron chi connectivity index (χ3n) is 6.44. The first-order chi connectivity index (χ1) is 16.5. The molecule has 4 rings (SSSR count). The second kappa shape index (κ2) is 9.19. The summed E-state index contributed by atoms with van der Waals surface area (Å²) >= 11 is 0. The number of methoxy groups -OCH3 is 2. The molecule has 0 saturated carbocycles. The first-order valence-corrected chi connectivity index (χ1v) is 10.9. The van der Waals surface area contributed by atoms with Gasteiger partial charge in [-0.25, -0.2) is 4.39 Å². The van der Waals surface area contributed by atoms with Crippen LogP contribution < -0.4 is 24.8 Å². The van der Waals surface area contributed by atoms with E-state index < -0.39 is 42.3 Å². The smallest absolute Gasteiger partial charge is 0.413 e. The molecule has 2 aromatic rings. The first kappa shape index (κ1) is 25.0. The predicted molar refractivity (Wildman–Crippen MR) is 118 cm³/mol. The van der Waals surface area contributed by atoms with E-state index in [0.717, 1.165) is 22.5 Å². The molecule has 192 valence electrons. The molecular weight excluding hydrogens is 476 g/mol. The molecule has 3 heterocycles. The quantitative estimate of drug-likeness (QED) is 0.601. The van der Waals surface area contributed by atoms with Crippen molar-refractivity contribution in [2.75, 3.05) is 56.9 Å². The summed E-state index contributed by atoms with van der Waals surface area (Å²) in [7, 11) is 2.62. The number of alkyl halides is 3. The van der Waals surface area contributed by atoms with Crippen molar-refractivity contribution in [3.63, 3.8) is 0 Å². The molecule has 1 saturated heterocycles. The van der Waals surface area contributed by atoms with Crippen LogP contribution in [0.3, 0.4) is 0 Å². The van der Waals surface area contributed by atoms with Gasteiger partial charge in [0.25, 0.3) is 5.56 Å². The zero-order chi connectivity index (χ0) is 25.5. The molecule has 0 bridgehead atoms. The Bertz CT molecular complexity index is 1150. The number of aliphatic hydroxyl groups is 1. The van der Waals surface area contributed by atoms with Crippen LogP contribution in [-0.4, -0.2) is 73.4 Å². The number of rotatable bonds is 6. The van der Waals surface area contributed by atoms with Gasteiger partial charge in [0.2, 0.25) is 5.95 Å². The number of β-amino-alcohol motifs (C(OH)–C–C–N with tert-alkyl or cyclic N) is 1. The number of aromatic nitrogens is 2. The summed E-state index contributed by atoms with van der Waals surface area (Å²) in [4.78, 5) is 19.8. The molecule has 1 aromatic heterocycles. The van der Waals surface area contributed by atoms with Gasteiger partial charge in [0, 0.05) is 30.8 Å². The average molecular weight is 502 g/mol. The molecule has 0 radical (unpaired) electrons. The van der Waals surface area contributed by atoms with Crippen molar-refractivity contribution >= 4 is 11.8 Å². The summed E-state index contributed by atoms with van der Waals surface area (Å²) in [5, 5.41) is 10.9. The highest BCUT2D eigenvalue weighted by atomic mass is 19.4. The molecule has 9 nitrogen and oxygen atoms in total. The lowest BCUT2D eigenvalue weighted by atomic mass is 9.99. The van der Waals surface area contributed by atoms with E-state index in [9.17, 15) is 27.5 Å². The molecule has 0 spiro atoms. The van der Waals surface area contributed by atoms with Gasteiger partial charge in [-0.05, 0) is 13.0 Å². The fourth-order valence-corrected chi connectivity index (χ4v) is 4.33. The molecule has 2 aliphatic heterocycles. The number of hydrogen-bond donors (Lipinski definition) is 1. The van der Waals surface area contributed by atoms with Gasteiger partial charge in [0.15, 0.2) is 17.0 Å². The number of ether oxygens (including phenoxy) is 3. The van der Waals surface area contributed by atoms with E-state index >= 15 is 0 Å². The Hall–Kier alpha value is -3.06. The Morgan fingerprint density at radius 2 is 1.80 bits per heavy atom. The maximum Gasteiger partial charge on any atom is 0.413 e. The largest absolute Gasteiger partial charge is 0.493 e. The Balaban J connectivity index is 1.76. The zero-order valence-corrected chi connectivity index (χ0v) is 19.4. The third-order valence-corrected chi connectivity index (χ3v) is 6.44. The van der Waals surface area contributed by atoms with Crippen molar-refractivity contribution < 1.29 is 36.9 Å². The number of halogens is 4. The molecule has 0 aliphatic carbocycles. The van der Waals surface area contributed by atoms with Gasteiger partial charge >= 0.3 is 6.18 Å². The summed E-state index contributed by atoms with van der Waals surface area (Å²) in [6.45, 7) is 1.15. The van der Waals surface area contributed by atoms with Crippen molar-refractivity contribution in [1.29, 1.82) is 0 Å². The third kappa shape index (κ3) is 4.38. The van der Waals surface area contributed by atoms with E-state index in [1.165, 1.54) is 26.4 Å². The molecule has 1 unspecified atom stereocenters. The SMILES string of the molecule is COc1cc(F)c(C(O)CN2c3nc(N4CCOCC4)cc(=O)n3C[C@@]2(C)C(F)(F)F)cc1OC. The van der Waals surface area contributed by atoms with Crippen molar-refractivity contribution in [3.8, 4) is 11.5 Å². The first-order valence-electron chi connectivity index (χ1n) is 10.9. The molecule has 2 aliphatic rings. The summed E-state index contributed by atoms with van der Waals surface area (Å²) in [6, 6.07) is 3.35. The van der Waals surface area contributed by atoms with Crippen LogP contribution in [0, 0.1) is 5.82 Å². The van der Waals surface area contributed by atoms with E-state index in [2.05, 4.69) is 4.98 Å². The van der Waals surface area contributed by atoms with Crippen LogP contribution in [0.1, 0.15) is 18.6 Å². The van der Waals surface area contributed by atoms with Crippen LogP contribution in [0.15, 0.2) is 23.0 Å². The number of anilines is 2. The number of nitrogens with zero attached hydrogens (tertiary/aromatic N) is 4. The summed E-state index contributed by atoms with van der Waals surface area (Å²) in [5.74, 6) is -0.745. The topological polar surface area (TPSA) is 89.3 Å². The maximum absolute atomic E-state index is 14.7. The van der Waals surface area contributed by atoms with Crippen LogP contribution >= 0.6 is 0 Å². The highest BCUT2D eigenvalue weighted by Gasteiger charge is 2.60. The average Bonchev–Trinajstić information content (AvgIpc) is 3.12. The fourth-order valence-electron chi connectivity index (χ4n) is 4.33. The highest BCUT2D eigenvalue weighted by molar-refractivity contribution is 5.51. The number of fused-ring (bicyclic) bond motifs is 1. The van der Waals surface area contributed by atoms with E-state index in [1.54, 1.807) is 4.90 Å². The van der Waals surface area contributed by atoms with Crippen molar-refractivity contribution in [1.82, 2.24) is 9.55 Å². The molecule has 2 atom stereocenters. The summed E-state index contributed by atoms with van der Waals surface area (Å²) < 4.78 is 74.0. The summed E-state index contributed by atoms with van der Waals surface area (Å²) in [6.07, 6.45) is -6.49. The van der Waals surface area contributed by atoms with Gasteiger partial charge in [-0.2, -0.15) is 18.2 Å². The number of benzene rings is 1. The normalized spacial score (nSPS) is 21.1. The second-order valence-electron chi connectivity index (χ2n) is 8.56. The van der Waals surface area contributed by atoms with Crippen molar-refractivity contribution in [2.24, 2.45) is 0 Å². The van der Waals surface area contributed by atoms with Crippen LogP contribution in [0.25, 0.3) is 0 Å². The maximum atomic E-state index is 14.7. The zero-order valence-electron chi connectivity index (χ0n) is 19.4. The molecule has 13 heteroatoms. The van der Waals surface area contributed by atoms with Gasteiger partial charge in [0.05, 0.1) is 46.6 Å². The highest BCUT2D eigenvalue weighted by Crippen LogP contribution is 2.44. The Kier molecular flexibility index (Phi) is 6.58. The van der Waals surface area contributed by atoms with E-state index in [4.69, 9.17) is 14.2 Å². The fraction of sp³-hybridized carbons (Fsp3) is 0.545. The molecular formula is C22H26F4N4O5. The molecule has 0 amide bonds. The van der Waals surface area contributed by atoms with Crippen LogP contribution in [-0.2, 0) is 11.3 Å². The van der Waals surface area contributed by atoms with Crippen LogP contribution in [0.4, 0.5) is 29.3 Å². The number of morpholine rings is 1.